The van der Waals surface area contributed by atoms with E-state index in [0.717, 1.165) is 23.7 Å². The smallest absolute Gasteiger partial charge is 0.267 e. The summed E-state index contributed by atoms with van der Waals surface area (Å²) < 4.78 is 0. The summed E-state index contributed by atoms with van der Waals surface area (Å²) in [7, 11) is 0. The topological polar surface area (TPSA) is 44.9 Å². The summed E-state index contributed by atoms with van der Waals surface area (Å²) in [5.74, 6) is -0.0193. The number of H-pyrrole nitrogens is 1. The van der Waals surface area contributed by atoms with Gasteiger partial charge in [-0.05, 0) is 50.5 Å². The maximum atomic E-state index is 12.2. The van der Waals surface area contributed by atoms with E-state index >= 15 is 0 Å². The normalized spacial score (nSPS) is 12.6. The minimum Gasteiger partial charge on any atom is -0.351 e. The molecule has 0 saturated carbocycles. The van der Waals surface area contributed by atoms with E-state index < -0.39 is 0 Å². The Morgan fingerprint density at radius 1 is 1.32 bits per heavy atom. The third kappa shape index (κ3) is 2.98. The van der Waals surface area contributed by atoms with Crippen molar-refractivity contribution in [2.75, 3.05) is 0 Å². The van der Waals surface area contributed by atoms with Gasteiger partial charge in [0.05, 0.1) is 0 Å². The summed E-state index contributed by atoms with van der Waals surface area (Å²) in [5, 5.41) is 4.15. The van der Waals surface area contributed by atoms with Gasteiger partial charge in [-0.2, -0.15) is 0 Å². The molecule has 1 heterocycles. The van der Waals surface area contributed by atoms with Gasteiger partial charge in [0.25, 0.3) is 5.91 Å². The van der Waals surface area contributed by atoms with E-state index in [1.807, 2.05) is 13.0 Å². The molecule has 1 aromatic carbocycles. The molecule has 0 fully saturated rings. The monoisotopic (exact) mass is 258 g/mol. The highest BCUT2D eigenvalue weighted by molar-refractivity contribution is 5.99. The predicted molar refractivity (Wildman–Crippen MR) is 79.6 cm³/mol. The first kappa shape index (κ1) is 13.7. The highest BCUT2D eigenvalue weighted by atomic mass is 16.1. The summed E-state index contributed by atoms with van der Waals surface area (Å²) in [6.45, 7) is 8.30. The lowest BCUT2D eigenvalue weighted by molar-refractivity contribution is 0.0934. The third-order valence-electron chi connectivity index (χ3n) is 3.43. The molecule has 0 aliphatic carbocycles. The van der Waals surface area contributed by atoms with Gasteiger partial charge in [0.2, 0.25) is 0 Å². The largest absolute Gasteiger partial charge is 0.351 e. The van der Waals surface area contributed by atoms with Crippen LogP contribution in [-0.2, 0) is 0 Å². The van der Waals surface area contributed by atoms with Crippen LogP contribution in [0.3, 0.4) is 0 Å². The molecule has 0 spiro atoms. The second-order valence-corrected chi connectivity index (χ2v) is 5.39. The summed E-state index contributed by atoms with van der Waals surface area (Å²) in [5.41, 5.74) is 4.09. The average molecular weight is 258 g/mol. The van der Waals surface area contributed by atoms with Gasteiger partial charge >= 0.3 is 0 Å². The van der Waals surface area contributed by atoms with Gasteiger partial charge in [-0.1, -0.05) is 19.4 Å². The molecular formula is C16H22N2O. The molecule has 19 heavy (non-hydrogen) atoms. The highest BCUT2D eigenvalue weighted by Gasteiger charge is 2.13. The fraction of sp³-hybridized carbons (Fsp3) is 0.438. The highest BCUT2D eigenvalue weighted by Crippen LogP contribution is 2.21. The second-order valence-electron chi connectivity index (χ2n) is 5.39. The molecule has 1 amide bonds. The number of nitrogens with one attached hydrogen (secondary N) is 2. The molecule has 0 bridgehead atoms. The number of aromatic amines is 1. The van der Waals surface area contributed by atoms with Crippen molar-refractivity contribution in [1.29, 1.82) is 0 Å². The fourth-order valence-electron chi connectivity index (χ4n) is 2.53. The Kier molecular flexibility index (Phi) is 3.93. The molecule has 0 radical (unpaired) electrons. The van der Waals surface area contributed by atoms with Crippen molar-refractivity contribution >= 4 is 16.8 Å². The summed E-state index contributed by atoms with van der Waals surface area (Å²) in [6.07, 6.45) is 2.08. The Labute approximate surface area is 114 Å². The van der Waals surface area contributed by atoms with Crippen molar-refractivity contribution in [2.24, 2.45) is 0 Å². The van der Waals surface area contributed by atoms with Gasteiger partial charge in [-0.3, -0.25) is 4.79 Å². The van der Waals surface area contributed by atoms with E-state index in [4.69, 9.17) is 0 Å². The number of aryl methyl sites for hydroxylation is 2. The zero-order valence-corrected chi connectivity index (χ0v) is 12.1. The number of benzene rings is 1. The van der Waals surface area contributed by atoms with Crippen LogP contribution in [0.2, 0.25) is 0 Å². The van der Waals surface area contributed by atoms with E-state index in [0.29, 0.717) is 5.69 Å². The molecule has 0 aliphatic rings. The fourth-order valence-corrected chi connectivity index (χ4v) is 2.53. The quantitative estimate of drug-likeness (QED) is 0.863. The first-order valence-electron chi connectivity index (χ1n) is 6.92. The third-order valence-corrected chi connectivity index (χ3v) is 3.43. The van der Waals surface area contributed by atoms with E-state index in [1.54, 1.807) is 0 Å². The maximum absolute atomic E-state index is 12.2. The van der Waals surface area contributed by atoms with Gasteiger partial charge < -0.3 is 10.3 Å². The van der Waals surface area contributed by atoms with Crippen LogP contribution in [0.1, 0.15) is 48.3 Å². The van der Waals surface area contributed by atoms with Crippen LogP contribution in [0.25, 0.3) is 10.9 Å². The van der Waals surface area contributed by atoms with Crippen LogP contribution in [0.5, 0.6) is 0 Å². The van der Waals surface area contributed by atoms with Crippen LogP contribution in [0.4, 0.5) is 0 Å². The Hall–Kier alpha value is -1.77. The van der Waals surface area contributed by atoms with Gasteiger partial charge in [0, 0.05) is 16.9 Å². The molecule has 102 valence electrons. The van der Waals surface area contributed by atoms with Crippen molar-refractivity contribution in [2.45, 2.75) is 46.6 Å². The minimum atomic E-state index is -0.0193. The Balaban J connectivity index is 2.26. The molecule has 2 rings (SSSR count). The number of fused-ring (bicyclic) bond motifs is 1. The van der Waals surface area contributed by atoms with Crippen LogP contribution in [0.15, 0.2) is 18.2 Å². The molecule has 1 unspecified atom stereocenters. The number of amides is 1. The molecule has 2 N–H and O–H groups in total. The van der Waals surface area contributed by atoms with Gasteiger partial charge in [-0.15, -0.1) is 0 Å². The van der Waals surface area contributed by atoms with Crippen LogP contribution in [-0.4, -0.2) is 16.9 Å². The van der Waals surface area contributed by atoms with Crippen LogP contribution >= 0.6 is 0 Å². The van der Waals surface area contributed by atoms with Crippen LogP contribution in [0, 0.1) is 13.8 Å². The Morgan fingerprint density at radius 3 is 2.74 bits per heavy atom. The number of rotatable bonds is 4. The SMILES string of the molecule is CCCC(C)NC(=O)c1cc2c(C)cc(C)cc2[nH]1. The van der Waals surface area contributed by atoms with Crippen molar-refractivity contribution in [3.05, 3.63) is 35.0 Å². The lowest BCUT2D eigenvalue weighted by Gasteiger charge is -2.11. The number of carbonyl (C=O) groups excluding carboxylic acids is 1. The van der Waals surface area contributed by atoms with Gasteiger partial charge in [0.1, 0.15) is 5.69 Å². The molecule has 3 nitrogen and oxygen atoms in total. The lowest BCUT2D eigenvalue weighted by atomic mass is 10.1. The summed E-state index contributed by atoms with van der Waals surface area (Å²) in [4.78, 5) is 15.4. The average Bonchev–Trinajstić information content (AvgIpc) is 2.73. The maximum Gasteiger partial charge on any atom is 0.267 e. The van der Waals surface area contributed by atoms with E-state index in [9.17, 15) is 4.79 Å². The number of hydrogen-bond donors (Lipinski definition) is 2. The predicted octanol–water partition coefficient (Wildman–Crippen LogP) is 3.70. The Bertz CT molecular complexity index is 598. The summed E-state index contributed by atoms with van der Waals surface area (Å²) in [6, 6.07) is 6.37. The van der Waals surface area contributed by atoms with E-state index in [-0.39, 0.29) is 11.9 Å². The van der Waals surface area contributed by atoms with Crippen molar-refractivity contribution < 1.29 is 4.79 Å². The molecule has 1 aromatic heterocycles. The zero-order valence-electron chi connectivity index (χ0n) is 12.1. The van der Waals surface area contributed by atoms with E-state index in [1.165, 1.54) is 11.1 Å². The number of hydrogen-bond acceptors (Lipinski definition) is 1. The first-order valence-corrected chi connectivity index (χ1v) is 6.92. The van der Waals surface area contributed by atoms with Crippen molar-refractivity contribution in [3.8, 4) is 0 Å². The summed E-state index contributed by atoms with van der Waals surface area (Å²) >= 11 is 0. The first-order chi connectivity index (χ1) is 9.01. The van der Waals surface area contributed by atoms with Gasteiger partial charge in [0.15, 0.2) is 0 Å². The number of carbonyl (C=O) groups is 1. The zero-order chi connectivity index (χ0) is 14.0. The second kappa shape index (κ2) is 5.47. The molecule has 2 aromatic rings. The van der Waals surface area contributed by atoms with Crippen molar-refractivity contribution in [1.82, 2.24) is 10.3 Å². The van der Waals surface area contributed by atoms with E-state index in [2.05, 4.69) is 43.2 Å². The molecule has 1 atom stereocenters. The molecule has 0 aliphatic heterocycles. The van der Waals surface area contributed by atoms with Crippen molar-refractivity contribution in [3.63, 3.8) is 0 Å². The van der Waals surface area contributed by atoms with Crippen LogP contribution < -0.4 is 5.32 Å². The standard InChI is InChI=1S/C16H22N2O/c1-5-6-12(4)17-16(19)15-9-13-11(3)7-10(2)8-14(13)18-15/h7-9,12,18H,5-6H2,1-4H3,(H,17,19). The lowest BCUT2D eigenvalue weighted by Crippen LogP contribution is -2.32. The van der Waals surface area contributed by atoms with Gasteiger partial charge in [-0.25, -0.2) is 0 Å². The number of aromatic nitrogens is 1. The Morgan fingerprint density at radius 2 is 2.05 bits per heavy atom. The minimum absolute atomic E-state index is 0.0193. The molecule has 3 heteroatoms. The molecular weight excluding hydrogens is 236 g/mol. The molecule has 0 saturated heterocycles.